The van der Waals surface area contributed by atoms with Crippen molar-refractivity contribution in [2.24, 2.45) is 5.73 Å². The van der Waals surface area contributed by atoms with Gasteiger partial charge in [0.1, 0.15) is 0 Å². The van der Waals surface area contributed by atoms with Crippen LogP contribution in [-0.4, -0.2) is 24.1 Å². The smallest absolute Gasteiger partial charge is 0.185 e. The van der Waals surface area contributed by atoms with Gasteiger partial charge < -0.3 is 10.6 Å². The predicted molar refractivity (Wildman–Crippen MR) is 103 cm³/mol. The molecule has 0 radical (unpaired) electrons. The Kier molecular flexibility index (Phi) is 4.35. The minimum Gasteiger partial charge on any atom is -0.348 e. The topological polar surface area (TPSA) is 42.1 Å². The molecule has 2 atom stereocenters. The molecule has 1 aliphatic carbocycles. The zero-order valence-corrected chi connectivity index (χ0v) is 15.5. The Bertz CT molecular complexity index is 715. The lowest BCUT2D eigenvalue weighted by molar-refractivity contribution is 0.501. The molecule has 0 saturated carbocycles. The minimum absolute atomic E-state index is 0.366. The van der Waals surface area contributed by atoms with Gasteiger partial charge in [-0.1, -0.05) is 26.0 Å². The lowest BCUT2D eigenvalue weighted by Gasteiger charge is -2.29. The summed E-state index contributed by atoms with van der Waals surface area (Å²) in [4.78, 5) is 7.32. The van der Waals surface area contributed by atoms with Crippen LogP contribution in [0.1, 0.15) is 62.5 Å². The van der Waals surface area contributed by atoms with Crippen LogP contribution in [-0.2, 0) is 0 Å². The standard InChI is InChI=1S/C20H27N3S/c1-13-3-4-14(2)18-11-15(5-6-17(13)18)19-12-24-20(22-19)23-9-7-16(21)8-10-23/h5-6,11-14,16H,3-4,7-10,21H2,1-2H3. The largest absolute Gasteiger partial charge is 0.348 e. The Hall–Kier alpha value is -1.39. The normalized spacial score (nSPS) is 24.9. The summed E-state index contributed by atoms with van der Waals surface area (Å²) in [5.74, 6) is 1.35. The van der Waals surface area contributed by atoms with Gasteiger partial charge in [-0.3, -0.25) is 0 Å². The Labute approximate surface area is 148 Å². The van der Waals surface area contributed by atoms with E-state index in [1.54, 1.807) is 11.3 Å². The zero-order chi connectivity index (χ0) is 16.7. The second kappa shape index (κ2) is 6.49. The fraction of sp³-hybridized carbons (Fsp3) is 0.550. The second-order valence-electron chi connectivity index (χ2n) is 7.56. The van der Waals surface area contributed by atoms with Crippen LogP contribution >= 0.6 is 11.3 Å². The van der Waals surface area contributed by atoms with Gasteiger partial charge in [-0.05, 0) is 54.7 Å². The zero-order valence-electron chi connectivity index (χ0n) is 14.7. The van der Waals surface area contributed by atoms with Crippen molar-refractivity contribution in [1.82, 2.24) is 4.98 Å². The number of hydrogen-bond donors (Lipinski definition) is 1. The Morgan fingerprint density at radius 2 is 1.75 bits per heavy atom. The Balaban J connectivity index is 1.60. The number of thiazole rings is 1. The molecule has 24 heavy (non-hydrogen) atoms. The number of nitrogens with zero attached hydrogens (tertiary/aromatic N) is 2. The van der Waals surface area contributed by atoms with E-state index in [2.05, 4.69) is 42.3 Å². The maximum Gasteiger partial charge on any atom is 0.185 e. The fourth-order valence-corrected chi connectivity index (χ4v) is 4.94. The average Bonchev–Trinajstić information content (AvgIpc) is 3.09. The molecule has 0 bridgehead atoms. The van der Waals surface area contributed by atoms with Crippen LogP contribution in [0.2, 0.25) is 0 Å². The third kappa shape index (κ3) is 2.98. The number of aromatic nitrogens is 1. The van der Waals surface area contributed by atoms with Crippen molar-refractivity contribution in [3.8, 4) is 11.3 Å². The van der Waals surface area contributed by atoms with Crippen molar-refractivity contribution in [2.45, 2.75) is 57.4 Å². The summed E-state index contributed by atoms with van der Waals surface area (Å²) in [7, 11) is 0. The Morgan fingerprint density at radius 1 is 1.04 bits per heavy atom. The van der Waals surface area contributed by atoms with E-state index in [0.29, 0.717) is 17.9 Å². The van der Waals surface area contributed by atoms with E-state index in [1.165, 1.54) is 29.5 Å². The number of fused-ring (bicyclic) bond motifs is 1. The maximum atomic E-state index is 6.02. The molecule has 4 rings (SSSR count). The summed E-state index contributed by atoms with van der Waals surface area (Å²) >= 11 is 1.76. The third-order valence-corrected chi connectivity index (χ3v) is 6.68. The van der Waals surface area contributed by atoms with Crippen LogP contribution in [0, 0.1) is 0 Å². The number of piperidine rings is 1. The van der Waals surface area contributed by atoms with Crippen LogP contribution in [0.25, 0.3) is 11.3 Å². The van der Waals surface area contributed by atoms with E-state index < -0.39 is 0 Å². The van der Waals surface area contributed by atoms with Gasteiger partial charge >= 0.3 is 0 Å². The molecule has 2 unspecified atom stereocenters. The van der Waals surface area contributed by atoms with E-state index in [1.807, 2.05) is 0 Å². The van der Waals surface area contributed by atoms with Crippen molar-refractivity contribution in [3.05, 3.63) is 34.7 Å². The van der Waals surface area contributed by atoms with Crippen molar-refractivity contribution in [3.63, 3.8) is 0 Å². The third-order valence-electron chi connectivity index (χ3n) is 5.78. The van der Waals surface area contributed by atoms with Crippen LogP contribution in [0.15, 0.2) is 23.6 Å². The molecule has 1 fully saturated rings. The monoisotopic (exact) mass is 341 g/mol. The Morgan fingerprint density at radius 3 is 2.50 bits per heavy atom. The van der Waals surface area contributed by atoms with Gasteiger partial charge in [0.05, 0.1) is 5.69 Å². The highest BCUT2D eigenvalue weighted by Crippen LogP contribution is 2.40. The molecule has 1 aromatic carbocycles. The van der Waals surface area contributed by atoms with Crippen LogP contribution < -0.4 is 10.6 Å². The molecule has 1 aliphatic heterocycles. The van der Waals surface area contributed by atoms with E-state index in [-0.39, 0.29) is 0 Å². The van der Waals surface area contributed by atoms with Gasteiger partial charge in [0, 0.05) is 30.1 Å². The molecule has 2 heterocycles. The predicted octanol–water partition coefficient (Wildman–Crippen LogP) is 4.74. The highest BCUT2D eigenvalue weighted by Gasteiger charge is 2.23. The summed E-state index contributed by atoms with van der Waals surface area (Å²) in [6.07, 6.45) is 4.76. The first kappa shape index (κ1) is 16.1. The fourth-order valence-electron chi connectivity index (χ4n) is 4.05. The van der Waals surface area contributed by atoms with Gasteiger partial charge in [0.2, 0.25) is 0 Å². The molecule has 4 heteroatoms. The average molecular weight is 342 g/mol. The molecular formula is C20H27N3S. The molecule has 2 aliphatic rings. The van der Waals surface area contributed by atoms with Gasteiger partial charge in [-0.2, -0.15) is 0 Å². The van der Waals surface area contributed by atoms with Crippen molar-refractivity contribution in [1.29, 1.82) is 0 Å². The molecule has 1 saturated heterocycles. The number of benzene rings is 1. The van der Waals surface area contributed by atoms with Crippen molar-refractivity contribution >= 4 is 16.5 Å². The van der Waals surface area contributed by atoms with Gasteiger partial charge in [0.15, 0.2) is 5.13 Å². The van der Waals surface area contributed by atoms with Crippen molar-refractivity contribution in [2.75, 3.05) is 18.0 Å². The van der Waals surface area contributed by atoms with E-state index >= 15 is 0 Å². The summed E-state index contributed by atoms with van der Waals surface area (Å²) in [5.41, 5.74) is 11.5. The summed E-state index contributed by atoms with van der Waals surface area (Å²) in [5, 5.41) is 3.36. The number of nitrogens with two attached hydrogens (primary N) is 1. The second-order valence-corrected chi connectivity index (χ2v) is 8.40. The van der Waals surface area contributed by atoms with Gasteiger partial charge in [-0.25, -0.2) is 4.98 Å². The van der Waals surface area contributed by atoms with Crippen LogP contribution in [0.4, 0.5) is 5.13 Å². The molecule has 1 aromatic heterocycles. The first-order valence-corrected chi connectivity index (χ1v) is 10.1. The summed E-state index contributed by atoms with van der Waals surface area (Å²) in [6.45, 7) is 6.78. The maximum absolute atomic E-state index is 6.02. The van der Waals surface area contributed by atoms with E-state index in [4.69, 9.17) is 10.7 Å². The van der Waals surface area contributed by atoms with E-state index in [9.17, 15) is 0 Å². The summed E-state index contributed by atoms with van der Waals surface area (Å²) < 4.78 is 0. The van der Waals surface area contributed by atoms with Crippen molar-refractivity contribution < 1.29 is 0 Å². The lowest BCUT2D eigenvalue weighted by atomic mass is 9.77. The minimum atomic E-state index is 0.366. The molecule has 0 spiro atoms. The molecule has 128 valence electrons. The number of anilines is 1. The van der Waals surface area contributed by atoms with Gasteiger partial charge in [0.25, 0.3) is 0 Å². The number of rotatable bonds is 2. The molecule has 3 nitrogen and oxygen atoms in total. The van der Waals surface area contributed by atoms with Crippen LogP contribution in [0.5, 0.6) is 0 Å². The lowest BCUT2D eigenvalue weighted by Crippen LogP contribution is -2.39. The molecule has 0 amide bonds. The first-order chi connectivity index (χ1) is 11.6. The highest BCUT2D eigenvalue weighted by molar-refractivity contribution is 7.14. The number of hydrogen-bond acceptors (Lipinski definition) is 4. The van der Waals surface area contributed by atoms with Crippen LogP contribution in [0.3, 0.4) is 0 Å². The van der Waals surface area contributed by atoms with Gasteiger partial charge in [-0.15, -0.1) is 11.3 Å². The SMILES string of the molecule is CC1CCC(C)c2cc(-c3csc(N4CCC(N)CC4)n3)ccc21. The molecule has 2 N–H and O–H groups in total. The first-order valence-electron chi connectivity index (χ1n) is 9.22. The highest BCUT2D eigenvalue weighted by atomic mass is 32.1. The quantitative estimate of drug-likeness (QED) is 0.858. The summed E-state index contributed by atoms with van der Waals surface area (Å²) in [6, 6.07) is 7.35. The van der Waals surface area contributed by atoms with E-state index in [0.717, 1.165) is 36.8 Å². The molecule has 2 aromatic rings. The molecular weight excluding hydrogens is 314 g/mol.